The molecule has 1 N–H and O–H groups in total. The first-order valence-corrected chi connectivity index (χ1v) is 7.87. The predicted octanol–water partition coefficient (Wildman–Crippen LogP) is 6.05. The maximum Gasteiger partial charge on any atom is 0.292 e. The van der Waals surface area contributed by atoms with E-state index in [0.717, 1.165) is 10.0 Å². The molecule has 0 aliphatic rings. The minimum atomic E-state index is -0.423. The molecule has 0 spiro atoms. The van der Waals surface area contributed by atoms with Gasteiger partial charge in [-0.15, -0.1) is 0 Å². The summed E-state index contributed by atoms with van der Waals surface area (Å²) < 4.78 is 0.767. The number of benzene rings is 2. The maximum absolute atomic E-state index is 11.1. The summed E-state index contributed by atoms with van der Waals surface area (Å²) in [4.78, 5) is 10.7. The molecule has 4 nitrogen and oxygen atoms in total. The highest BCUT2D eigenvalue weighted by Crippen LogP contribution is 2.39. The van der Waals surface area contributed by atoms with E-state index < -0.39 is 4.92 Å². The zero-order valence-corrected chi connectivity index (χ0v) is 14.8. The Morgan fingerprint density at radius 2 is 1.86 bits per heavy atom. The number of nitrogens with zero attached hydrogens (tertiary/aromatic N) is 1. The third kappa shape index (κ3) is 3.59. The van der Waals surface area contributed by atoms with Crippen molar-refractivity contribution in [3.8, 4) is 0 Å². The van der Waals surface area contributed by atoms with Gasteiger partial charge in [-0.1, -0.05) is 44.5 Å². The second kappa shape index (κ2) is 6.26. The molecule has 0 saturated carbocycles. The van der Waals surface area contributed by atoms with Crippen LogP contribution in [-0.4, -0.2) is 4.92 Å². The summed E-state index contributed by atoms with van der Waals surface area (Å²) in [5.74, 6) is 0. The number of nitrogens with one attached hydrogen (secondary N) is 1. The SMILES string of the molecule is CC(C)(C)c1cc(Cl)c(Nc2ccccc2[N+](=O)[O-])c(Br)c1. The van der Waals surface area contributed by atoms with E-state index in [9.17, 15) is 10.1 Å². The van der Waals surface area contributed by atoms with Crippen LogP contribution in [0.15, 0.2) is 40.9 Å². The van der Waals surface area contributed by atoms with Gasteiger partial charge in [-0.25, -0.2) is 0 Å². The van der Waals surface area contributed by atoms with Gasteiger partial charge in [0.1, 0.15) is 5.69 Å². The fourth-order valence-electron chi connectivity index (χ4n) is 2.00. The monoisotopic (exact) mass is 382 g/mol. The Morgan fingerprint density at radius 1 is 1.23 bits per heavy atom. The van der Waals surface area contributed by atoms with Gasteiger partial charge in [-0.3, -0.25) is 10.1 Å². The molecule has 0 aromatic heterocycles. The number of hydrogen-bond acceptors (Lipinski definition) is 3. The van der Waals surface area contributed by atoms with Crippen molar-refractivity contribution < 1.29 is 4.92 Å². The number of anilines is 2. The zero-order valence-electron chi connectivity index (χ0n) is 12.5. The second-order valence-corrected chi connectivity index (χ2v) is 7.23. The lowest BCUT2D eigenvalue weighted by Crippen LogP contribution is -2.11. The summed E-state index contributed by atoms with van der Waals surface area (Å²) in [6, 6.07) is 10.3. The minimum absolute atomic E-state index is 0.00497. The molecule has 0 amide bonds. The molecule has 0 heterocycles. The number of hydrogen-bond donors (Lipinski definition) is 1. The van der Waals surface area contributed by atoms with Gasteiger partial charge in [-0.05, 0) is 45.1 Å². The molecule has 2 aromatic rings. The molecule has 0 saturated heterocycles. The van der Waals surface area contributed by atoms with Gasteiger partial charge < -0.3 is 5.32 Å². The Bertz CT molecular complexity index is 703. The van der Waals surface area contributed by atoms with Crippen molar-refractivity contribution in [2.45, 2.75) is 26.2 Å². The summed E-state index contributed by atoms with van der Waals surface area (Å²) in [7, 11) is 0. The van der Waals surface area contributed by atoms with Crippen molar-refractivity contribution in [1.29, 1.82) is 0 Å². The van der Waals surface area contributed by atoms with Gasteiger partial charge in [0.05, 0.1) is 15.6 Å². The fourth-order valence-corrected chi connectivity index (χ4v) is 2.94. The van der Waals surface area contributed by atoms with E-state index in [4.69, 9.17) is 11.6 Å². The van der Waals surface area contributed by atoms with Gasteiger partial charge in [0.25, 0.3) is 5.69 Å². The second-order valence-electron chi connectivity index (χ2n) is 5.96. The summed E-state index contributed by atoms with van der Waals surface area (Å²) in [6.45, 7) is 6.29. The lowest BCUT2D eigenvalue weighted by atomic mass is 9.87. The van der Waals surface area contributed by atoms with Crippen LogP contribution < -0.4 is 5.32 Å². The first-order chi connectivity index (χ1) is 10.2. The molecule has 2 rings (SSSR count). The first kappa shape index (κ1) is 16.8. The van der Waals surface area contributed by atoms with E-state index in [-0.39, 0.29) is 11.1 Å². The fraction of sp³-hybridized carbons (Fsp3) is 0.250. The predicted molar refractivity (Wildman–Crippen MR) is 94.2 cm³/mol. The van der Waals surface area contributed by atoms with Crippen molar-refractivity contribution in [2.75, 3.05) is 5.32 Å². The minimum Gasteiger partial charge on any atom is -0.348 e. The van der Waals surface area contributed by atoms with E-state index in [0.29, 0.717) is 16.4 Å². The normalized spacial score (nSPS) is 11.3. The molecule has 6 heteroatoms. The highest BCUT2D eigenvalue weighted by atomic mass is 79.9. The molecular weight excluding hydrogens is 368 g/mol. The van der Waals surface area contributed by atoms with Crippen LogP contribution in [0.3, 0.4) is 0 Å². The van der Waals surface area contributed by atoms with Crippen molar-refractivity contribution in [2.24, 2.45) is 0 Å². The Labute approximate surface area is 142 Å². The average molecular weight is 384 g/mol. The molecule has 116 valence electrons. The Morgan fingerprint density at radius 3 is 2.41 bits per heavy atom. The molecule has 0 bridgehead atoms. The number of rotatable bonds is 3. The van der Waals surface area contributed by atoms with Crippen molar-refractivity contribution >= 4 is 44.6 Å². The summed E-state index contributed by atoms with van der Waals surface area (Å²) in [5.41, 5.74) is 2.06. The van der Waals surface area contributed by atoms with E-state index in [1.807, 2.05) is 12.1 Å². The van der Waals surface area contributed by atoms with E-state index in [1.165, 1.54) is 6.07 Å². The summed E-state index contributed by atoms with van der Waals surface area (Å²) >= 11 is 9.85. The smallest absolute Gasteiger partial charge is 0.292 e. The zero-order chi connectivity index (χ0) is 16.5. The Balaban J connectivity index is 2.46. The van der Waals surface area contributed by atoms with E-state index in [1.54, 1.807) is 18.2 Å². The number of halogens is 2. The molecule has 0 fully saturated rings. The third-order valence-corrected chi connectivity index (χ3v) is 4.19. The standard InChI is InChI=1S/C16H16BrClN2O2/c1-16(2,3)10-8-11(17)15(12(18)9-10)19-13-6-4-5-7-14(13)20(21)22/h4-9,19H,1-3H3. The van der Waals surface area contributed by atoms with Crippen LogP contribution in [0.2, 0.25) is 5.02 Å². The lowest BCUT2D eigenvalue weighted by Gasteiger charge is -2.21. The van der Waals surface area contributed by atoms with Crippen LogP contribution in [0.5, 0.6) is 0 Å². The van der Waals surface area contributed by atoms with Crippen molar-refractivity contribution in [1.82, 2.24) is 0 Å². The molecule has 0 unspecified atom stereocenters. The van der Waals surface area contributed by atoms with E-state index in [2.05, 4.69) is 42.0 Å². The number of nitro benzene ring substituents is 1. The Hall–Kier alpha value is -1.59. The topological polar surface area (TPSA) is 55.2 Å². The molecule has 22 heavy (non-hydrogen) atoms. The van der Waals surface area contributed by atoms with Gasteiger partial charge in [0.15, 0.2) is 0 Å². The summed E-state index contributed by atoms with van der Waals surface area (Å²) in [6.07, 6.45) is 0. The maximum atomic E-state index is 11.1. The molecular formula is C16H16BrClN2O2. The van der Waals surface area contributed by atoms with Crippen LogP contribution in [0.25, 0.3) is 0 Å². The quantitative estimate of drug-likeness (QED) is 0.518. The van der Waals surface area contributed by atoms with Gasteiger partial charge in [-0.2, -0.15) is 0 Å². The number of nitro groups is 1. The molecule has 2 aromatic carbocycles. The highest BCUT2D eigenvalue weighted by molar-refractivity contribution is 9.10. The van der Waals surface area contributed by atoms with Crippen molar-refractivity contribution in [3.05, 3.63) is 61.6 Å². The largest absolute Gasteiger partial charge is 0.348 e. The van der Waals surface area contributed by atoms with Crippen LogP contribution in [-0.2, 0) is 5.41 Å². The van der Waals surface area contributed by atoms with Crippen LogP contribution in [0.1, 0.15) is 26.3 Å². The van der Waals surface area contributed by atoms with Crippen LogP contribution in [0.4, 0.5) is 17.1 Å². The Kier molecular flexibility index (Phi) is 4.78. The molecule has 0 atom stereocenters. The highest BCUT2D eigenvalue weighted by Gasteiger charge is 2.19. The first-order valence-electron chi connectivity index (χ1n) is 6.70. The molecule has 0 radical (unpaired) electrons. The summed E-state index contributed by atoms with van der Waals surface area (Å²) in [5, 5.41) is 14.6. The van der Waals surface area contributed by atoms with Gasteiger partial charge >= 0.3 is 0 Å². The van der Waals surface area contributed by atoms with Crippen LogP contribution >= 0.6 is 27.5 Å². The van der Waals surface area contributed by atoms with E-state index >= 15 is 0 Å². The number of para-hydroxylation sites is 2. The van der Waals surface area contributed by atoms with Gasteiger partial charge in [0.2, 0.25) is 0 Å². The molecule has 0 aliphatic carbocycles. The molecule has 0 aliphatic heterocycles. The lowest BCUT2D eigenvalue weighted by molar-refractivity contribution is -0.383. The average Bonchev–Trinajstić information content (AvgIpc) is 2.41. The third-order valence-electron chi connectivity index (χ3n) is 3.27. The van der Waals surface area contributed by atoms with Crippen LogP contribution in [0, 0.1) is 10.1 Å². The van der Waals surface area contributed by atoms with Crippen molar-refractivity contribution in [3.63, 3.8) is 0 Å². The van der Waals surface area contributed by atoms with Gasteiger partial charge in [0, 0.05) is 10.5 Å².